The van der Waals surface area contributed by atoms with Crippen LogP contribution >= 0.6 is 22.6 Å². The van der Waals surface area contributed by atoms with E-state index in [9.17, 15) is 4.39 Å². The highest BCUT2D eigenvalue weighted by atomic mass is 127. The Morgan fingerprint density at radius 2 is 1.94 bits per heavy atom. The summed E-state index contributed by atoms with van der Waals surface area (Å²) in [5, 5.41) is 4.63. The summed E-state index contributed by atoms with van der Waals surface area (Å²) in [6, 6.07) is 6.97. The van der Waals surface area contributed by atoms with Gasteiger partial charge in [-0.25, -0.2) is 4.98 Å². The molecule has 4 rings (SSSR count). The molecule has 0 amide bonds. The number of anilines is 1. The fraction of sp³-hybridized carbons (Fsp3) is 0.435. The number of halogens is 2. The molecule has 0 bridgehead atoms. The summed E-state index contributed by atoms with van der Waals surface area (Å²) in [5.74, 6) is 1.43. The Hall–Kier alpha value is -2.27. The van der Waals surface area contributed by atoms with Gasteiger partial charge in [-0.2, -0.15) is 14.4 Å². The third-order valence-electron chi connectivity index (χ3n) is 5.53. The van der Waals surface area contributed by atoms with Crippen molar-refractivity contribution >= 4 is 50.5 Å². The van der Waals surface area contributed by atoms with Gasteiger partial charge >= 0.3 is 6.08 Å². The largest absolute Gasteiger partial charge is 0.382 e. The zero-order valence-electron chi connectivity index (χ0n) is 18.9. The molecule has 0 atom stereocenters. The highest BCUT2D eigenvalue weighted by Crippen LogP contribution is 2.28. The van der Waals surface area contributed by atoms with Gasteiger partial charge in [0.05, 0.1) is 0 Å². The number of nitrogens with zero attached hydrogens (tertiary/aromatic N) is 5. The van der Waals surface area contributed by atoms with Gasteiger partial charge in [-0.3, -0.25) is 0 Å². The lowest BCUT2D eigenvalue weighted by atomic mass is 10.1. The van der Waals surface area contributed by atoms with E-state index < -0.39 is 6.08 Å². The van der Waals surface area contributed by atoms with Crippen LogP contribution < -0.4 is 11.1 Å². The number of nitrogen functional groups attached to an aromatic ring is 1. The minimum absolute atomic E-state index is 0.0711. The summed E-state index contributed by atoms with van der Waals surface area (Å²) in [4.78, 5) is 12.4. The molecule has 0 fully saturated rings. The van der Waals surface area contributed by atoms with Crippen molar-refractivity contribution in [3.63, 3.8) is 0 Å². The van der Waals surface area contributed by atoms with Gasteiger partial charge in [0, 0.05) is 40.8 Å². The molecule has 0 radical (unpaired) electrons. The van der Waals surface area contributed by atoms with E-state index in [0.717, 1.165) is 22.5 Å². The zero-order chi connectivity index (χ0) is 23.0. The molecule has 170 valence electrons. The van der Waals surface area contributed by atoms with E-state index in [1.807, 2.05) is 4.57 Å². The van der Waals surface area contributed by atoms with Crippen molar-refractivity contribution in [1.29, 1.82) is 0 Å². The molecule has 1 aromatic carbocycles. The third-order valence-corrected chi connectivity index (χ3v) is 6.54. The maximum absolute atomic E-state index is 14.0. The number of fused-ring (bicyclic) bond motifs is 2. The molecule has 7 nitrogen and oxygen atoms in total. The van der Waals surface area contributed by atoms with Crippen LogP contribution in [-0.4, -0.2) is 37.2 Å². The van der Waals surface area contributed by atoms with Gasteiger partial charge in [0.1, 0.15) is 5.82 Å². The Balaban J connectivity index is 1.72. The summed E-state index contributed by atoms with van der Waals surface area (Å²) < 4.78 is 19.4. The second kappa shape index (κ2) is 9.30. The van der Waals surface area contributed by atoms with Gasteiger partial charge in [0.25, 0.3) is 0 Å². The van der Waals surface area contributed by atoms with Crippen LogP contribution in [-0.2, 0) is 13.0 Å². The molecule has 0 aliphatic rings. The normalized spacial score (nSPS) is 12.1. The molecule has 0 aliphatic heterocycles. The van der Waals surface area contributed by atoms with Crippen LogP contribution in [0.5, 0.6) is 0 Å². The maximum atomic E-state index is 14.0. The average molecular weight is 549 g/mol. The van der Waals surface area contributed by atoms with E-state index in [2.05, 4.69) is 94.5 Å². The Labute approximate surface area is 200 Å². The minimum Gasteiger partial charge on any atom is -0.382 e. The number of hydrogen-bond donors (Lipinski definition) is 2. The molecule has 3 heterocycles. The molecular weight excluding hydrogens is 520 g/mol. The number of benzene rings is 1. The smallest absolute Gasteiger partial charge is 0.312 e. The summed E-state index contributed by atoms with van der Waals surface area (Å²) in [7, 11) is 0. The average Bonchev–Trinajstić information content (AvgIpc) is 3.27. The van der Waals surface area contributed by atoms with Crippen LogP contribution in [0.15, 0.2) is 24.4 Å². The lowest BCUT2D eigenvalue weighted by Crippen LogP contribution is -2.25. The number of rotatable bonds is 8. The van der Waals surface area contributed by atoms with Gasteiger partial charge in [-0.05, 0) is 78.0 Å². The Morgan fingerprint density at radius 3 is 2.66 bits per heavy atom. The van der Waals surface area contributed by atoms with Crippen LogP contribution in [0.25, 0.3) is 22.1 Å². The highest BCUT2D eigenvalue weighted by molar-refractivity contribution is 14.1. The Bertz CT molecular complexity index is 1260. The number of imidazole rings is 1. The summed E-state index contributed by atoms with van der Waals surface area (Å²) >= 11 is 2.38. The SMILES string of the molecule is CC(C)CNCCn1c(Cc2cc3ccn(C(C)C)c3cc2I)nc2c(N)nc(F)nc21. The molecule has 0 saturated heterocycles. The van der Waals surface area contributed by atoms with Crippen molar-refractivity contribution in [2.75, 3.05) is 18.8 Å². The van der Waals surface area contributed by atoms with Crippen LogP contribution in [0, 0.1) is 15.6 Å². The van der Waals surface area contributed by atoms with Crippen molar-refractivity contribution in [3.8, 4) is 0 Å². The first-order valence-electron chi connectivity index (χ1n) is 10.9. The van der Waals surface area contributed by atoms with Crippen LogP contribution in [0.3, 0.4) is 0 Å². The second-order valence-corrected chi connectivity index (χ2v) is 9.99. The van der Waals surface area contributed by atoms with Crippen molar-refractivity contribution in [2.45, 2.75) is 46.7 Å². The van der Waals surface area contributed by atoms with Crippen LogP contribution in [0.1, 0.15) is 45.1 Å². The summed E-state index contributed by atoms with van der Waals surface area (Å²) in [6.45, 7) is 11.0. The second-order valence-electron chi connectivity index (χ2n) is 8.82. The van der Waals surface area contributed by atoms with Crippen molar-refractivity contribution < 1.29 is 4.39 Å². The van der Waals surface area contributed by atoms with Gasteiger partial charge in [-0.1, -0.05) is 13.8 Å². The monoisotopic (exact) mass is 549 g/mol. The molecule has 0 aliphatic carbocycles. The molecule has 3 N–H and O–H groups in total. The minimum atomic E-state index is -0.830. The predicted molar refractivity (Wildman–Crippen MR) is 135 cm³/mol. The van der Waals surface area contributed by atoms with Gasteiger partial charge in [0.15, 0.2) is 17.0 Å². The fourth-order valence-corrected chi connectivity index (χ4v) is 4.61. The van der Waals surface area contributed by atoms with E-state index >= 15 is 0 Å². The molecule has 3 aromatic heterocycles. The van der Waals surface area contributed by atoms with E-state index in [1.165, 1.54) is 16.5 Å². The molecule has 32 heavy (non-hydrogen) atoms. The Morgan fingerprint density at radius 1 is 1.16 bits per heavy atom. The molecule has 9 heteroatoms. The summed E-state index contributed by atoms with van der Waals surface area (Å²) in [5.41, 5.74) is 9.25. The highest BCUT2D eigenvalue weighted by Gasteiger charge is 2.18. The number of aromatic nitrogens is 5. The van der Waals surface area contributed by atoms with Crippen LogP contribution in [0.4, 0.5) is 10.2 Å². The molecule has 4 aromatic rings. The summed E-state index contributed by atoms with van der Waals surface area (Å²) in [6.07, 6.45) is 1.90. The van der Waals surface area contributed by atoms with E-state index in [0.29, 0.717) is 36.1 Å². The number of nitrogens with one attached hydrogen (secondary N) is 1. The van der Waals surface area contributed by atoms with Gasteiger partial charge in [0.2, 0.25) is 0 Å². The van der Waals surface area contributed by atoms with Crippen molar-refractivity contribution in [1.82, 2.24) is 29.4 Å². The first-order chi connectivity index (χ1) is 15.2. The third kappa shape index (κ3) is 4.59. The Kier molecular flexibility index (Phi) is 6.66. The molecule has 0 saturated carbocycles. The number of hydrogen-bond acceptors (Lipinski definition) is 5. The predicted octanol–water partition coefficient (Wildman–Crippen LogP) is 4.52. The number of nitrogens with two attached hydrogens (primary N) is 1. The van der Waals surface area contributed by atoms with Gasteiger partial charge in [-0.15, -0.1) is 0 Å². The molecule has 0 spiro atoms. The maximum Gasteiger partial charge on any atom is 0.312 e. The quantitative estimate of drug-likeness (QED) is 0.192. The molecular formula is C23H29FIN7. The lowest BCUT2D eigenvalue weighted by Gasteiger charge is -2.13. The van der Waals surface area contributed by atoms with E-state index in [4.69, 9.17) is 10.7 Å². The first kappa shape index (κ1) is 22.9. The topological polar surface area (TPSA) is 86.6 Å². The van der Waals surface area contributed by atoms with Gasteiger partial charge < -0.3 is 20.2 Å². The van der Waals surface area contributed by atoms with E-state index in [1.54, 1.807) is 0 Å². The zero-order valence-corrected chi connectivity index (χ0v) is 21.0. The lowest BCUT2D eigenvalue weighted by molar-refractivity contribution is 0.517. The molecule has 0 unspecified atom stereocenters. The van der Waals surface area contributed by atoms with E-state index in [-0.39, 0.29) is 5.82 Å². The van der Waals surface area contributed by atoms with Crippen molar-refractivity contribution in [3.05, 3.63) is 45.4 Å². The van der Waals surface area contributed by atoms with Crippen LogP contribution in [0.2, 0.25) is 0 Å². The fourth-order valence-electron chi connectivity index (χ4n) is 3.97. The first-order valence-corrected chi connectivity index (χ1v) is 12.0. The standard InChI is InChI=1S/C23H29FIN7/c1-13(2)12-27-6-8-32-19(28-20-21(26)29-23(24)30-22(20)32)10-16-9-15-5-7-31(14(3)4)18(15)11-17(16)25/h5,7,9,11,13-14,27H,6,8,10,12H2,1-4H3,(H2,26,29,30). The van der Waals surface area contributed by atoms with Crippen molar-refractivity contribution in [2.24, 2.45) is 5.92 Å².